The van der Waals surface area contributed by atoms with Crippen molar-refractivity contribution in [3.05, 3.63) is 63.6 Å². The van der Waals surface area contributed by atoms with Gasteiger partial charge >= 0.3 is 0 Å². The van der Waals surface area contributed by atoms with E-state index in [0.29, 0.717) is 11.9 Å². The summed E-state index contributed by atoms with van der Waals surface area (Å²) in [5.41, 5.74) is 2.98. The number of aromatic amines is 1. The van der Waals surface area contributed by atoms with Gasteiger partial charge in [-0.25, -0.2) is 14.4 Å². The fourth-order valence-electron chi connectivity index (χ4n) is 3.58. The van der Waals surface area contributed by atoms with E-state index in [4.69, 9.17) is 0 Å². The number of para-hydroxylation sites is 1. The number of piperazine rings is 1. The molecule has 27 heavy (non-hydrogen) atoms. The predicted molar refractivity (Wildman–Crippen MR) is 104 cm³/mol. The maximum atomic E-state index is 14.0. The average Bonchev–Trinajstić information content (AvgIpc) is 2.66. The van der Waals surface area contributed by atoms with Gasteiger partial charge in [0, 0.05) is 61.1 Å². The Morgan fingerprint density at radius 2 is 1.93 bits per heavy atom. The Morgan fingerprint density at radius 1 is 1.15 bits per heavy atom. The van der Waals surface area contributed by atoms with E-state index in [1.807, 2.05) is 13.8 Å². The highest BCUT2D eigenvalue weighted by Crippen LogP contribution is 2.20. The Kier molecular flexibility index (Phi) is 4.61. The molecular formula is C20H22FN5O. The summed E-state index contributed by atoms with van der Waals surface area (Å²) in [6.45, 7) is 8.03. The number of halogens is 1. The van der Waals surface area contributed by atoms with Crippen LogP contribution in [0.25, 0.3) is 10.9 Å². The van der Waals surface area contributed by atoms with Gasteiger partial charge in [-0.05, 0) is 26.0 Å². The predicted octanol–water partition coefficient (Wildman–Crippen LogP) is 2.40. The van der Waals surface area contributed by atoms with Crippen LogP contribution in [0.15, 0.2) is 35.4 Å². The maximum Gasteiger partial charge on any atom is 0.189 e. The molecule has 7 heteroatoms. The largest absolute Gasteiger partial charge is 0.355 e. The van der Waals surface area contributed by atoms with Crippen LogP contribution < -0.4 is 10.3 Å². The molecule has 1 aliphatic heterocycles. The second-order valence-electron chi connectivity index (χ2n) is 6.99. The third-order valence-electron chi connectivity index (χ3n) is 5.25. The number of fused-ring (bicyclic) bond motifs is 1. The van der Waals surface area contributed by atoms with Crippen molar-refractivity contribution in [3.8, 4) is 0 Å². The van der Waals surface area contributed by atoms with Gasteiger partial charge in [0.1, 0.15) is 18.0 Å². The topological polar surface area (TPSA) is 65.1 Å². The molecule has 0 atom stereocenters. The Balaban J connectivity index is 1.48. The van der Waals surface area contributed by atoms with Gasteiger partial charge in [-0.1, -0.05) is 6.07 Å². The number of anilines is 1. The van der Waals surface area contributed by atoms with Gasteiger partial charge in [-0.3, -0.25) is 9.69 Å². The normalized spacial score (nSPS) is 15.4. The molecule has 1 aliphatic rings. The minimum absolute atomic E-state index is 0.149. The molecule has 0 amide bonds. The lowest BCUT2D eigenvalue weighted by Gasteiger charge is -2.36. The van der Waals surface area contributed by atoms with Gasteiger partial charge in [0.15, 0.2) is 5.43 Å². The van der Waals surface area contributed by atoms with Crippen LogP contribution in [0.4, 0.5) is 10.2 Å². The molecule has 0 bridgehead atoms. The van der Waals surface area contributed by atoms with Gasteiger partial charge in [0.05, 0.1) is 5.52 Å². The van der Waals surface area contributed by atoms with E-state index in [-0.39, 0.29) is 10.9 Å². The highest BCUT2D eigenvalue weighted by atomic mass is 19.1. The van der Waals surface area contributed by atoms with Gasteiger partial charge in [-0.2, -0.15) is 0 Å². The van der Waals surface area contributed by atoms with E-state index in [1.54, 1.807) is 24.5 Å². The number of pyridine rings is 1. The molecule has 0 saturated carbocycles. The average molecular weight is 367 g/mol. The summed E-state index contributed by atoms with van der Waals surface area (Å²) in [5.74, 6) is 0.592. The highest BCUT2D eigenvalue weighted by molar-refractivity contribution is 5.78. The molecule has 2 aromatic heterocycles. The first-order valence-corrected chi connectivity index (χ1v) is 9.09. The fourth-order valence-corrected chi connectivity index (χ4v) is 3.58. The standard InChI is InChI=1S/C20H22FN5O/c1-13-14(2)22-12-23-20(13)26-8-6-25(7-9-26)11-15-10-18(27)16-4-3-5-17(21)19(16)24-15/h3-5,10,12H,6-9,11H2,1-2H3,(H,24,27). The second-order valence-corrected chi connectivity index (χ2v) is 6.99. The molecule has 0 aliphatic carbocycles. The van der Waals surface area contributed by atoms with Crippen LogP contribution in [-0.4, -0.2) is 46.0 Å². The van der Waals surface area contributed by atoms with E-state index in [1.165, 1.54) is 6.07 Å². The van der Waals surface area contributed by atoms with Crippen molar-refractivity contribution in [2.24, 2.45) is 0 Å². The molecule has 1 N–H and O–H groups in total. The molecule has 6 nitrogen and oxygen atoms in total. The van der Waals surface area contributed by atoms with Crippen LogP contribution in [0.2, 0.25) is 0 Å². The number of hydrogen-bond acceptors (Lipinski definition) is 5. The van der Waals surface area contributed by atoms with Crippen molar-refractivity contribution >= 4 is 16.7 Å². The lowest BCUT2D eigenvalue weighted by Crippen LogP contribution is -2.46. The van der Waals surface area contributed by atoms with Crippen LogP contribution in [0.3, 0.4) is 0 Å². The monoisotopic (exact) mass is 367 g/mol. The molecule has 3 heterocycles. The number of nitrogens with zero attached hydrogens (tertiary/aromatic N) is 4. The molecule has 0 spiro atoms. The van der Waals surface area contributed by atoms with Crippen LogP contribution in [-0.2, 0) is 6.54 Å². The zero-order valence-electron chi connectivity index (χ0n) is 15.5. The van der Waals surface area contributed by atoms with Crippen LogP contribution in [0.1, 0.15) is 17.0 Å². The van der Waals surface area contributed by atoms with Gasteiger partial charge in [0.25, 0.3) is 0 Å². The van der Waals surface area contributed by atoms with E-state index < -0.39 is 5.82 Å². The first-order chi connectivity index (χ1) is 13.0. The molecular weight excluding hydrogens is 345 g/mol. The molecule has 0 radical (unpaired) electrons. The zero-order valence-corrected chi connectivity index (χ0v) is 15.5. The Labute approximate surface area is 156 Å². The minimum Gasteiger partial charge on any atom is -0.355 e. The Hall–Kier alpha value is -2.80. The van der Waals surface area contributed by atoms with Crippen molar-refractivity contribution in [2.45, 2.75) is 20.4 Å². The van der Waals surface area contributed by atoms with E-state index in [9.17, 15) is 9.18 Å². The number of benzene rings is 1. The second kappa shape index (κ2) is 7.08. The summed E-state index contributed by atoms with van der Waals surface area (Å²) >= 11 is 0. The fraction of sp³-hybridized carbons (Fsp3) is 0.350. The molecule has 4 rings (SSSR count). The quantitative estimate of drug-likeness (QED) is 0.770. The van der Waals surface area contributed by atoms with Crippen LogP contribution >= 0.6 is 0 Å². The van der Waals surface area contributed by atoms with Crippen molar-refractivity contribution in [3.63, 3.8) is 0 Å². The summed E-state index contributed by atoms with van der Waals surface area (Å²) in [4.78, 5) is 28.6. The summed E-state index contributed by atoms with van der Waals surface area (Å²) in [6, 6.07) is 6.15. The number of hydrogen-bond donors (Lipinski definition) is 1. The van der Waals surface area contributed by atoms with Gasteiger partial charge in [0.2, 0.25) is 0 Å². The molecule has 1 saturated heterocycles. The van der Waals surface area contributed by atoms with Crippen LogP contribution in [0.5, 0.6) is 0 Å². The Morgan fingerprint density at radius 3 is 2.70 bits per heavy atom. The smallest absolute Gasteiger partial charge is 0.189 e. The Bertz CT molecular complexity index is 1040. The van der Waals surface area contributed by atoms with Crippen LogP contribution in [0, 0.1) is 19.7 Å². The number of aryl methyl sites for hydroxylation is 1. The number of aromatic nitrogens is 3. The third-order valence-corrected chi connectivity index (χ3v) is 5.25. The molecule has 0 unspecified atom stereocenters. The SMILES string of the molecule is Cc1ncnc(N2CCN(Cc3cc(=O)c4cccc(F)c4[nH]3)CC2)c1C. The van der Waals surface area contributed by atoms with Crippen molar-refractivity contribution in [1.82, 2.24) is 19.9 Å². The number of H-pyrrole nitrogens is 1. The van der Waals surface area contributed by atoms with Gasteiger partial charge < -0.3 is 9.88 Å². The van der Waals surface area contributed by atoms with Crippen molar-refractivity contribution in [1.29, 1.82) is 0 Å². The van der Waals surface area contributed by atoms with Gasteiger partial charge in [-0.15, -0.1) is 0 Å². The summed E-state index contributed by atoms with van der Waals surface area (Å²) in [5, 5.41) is 0.387. The van der Waals surface area contributed by atoms with E-state index >= 15 is 0 Å². The lowest BCUT2D eigenvalue weighted by molar-refractivity contribution is 0.246. The van der Waals surface area contributed by atoms with Crippen molar-refractivity contribution < 1.29 is 4.39 Å². The number of rotatable bonds is 3. The van der Waals surface area contributed by atoms with E-state index in [2.05, 4.69) is 24.8 Å². The first-order valence-electron chi connectivity index (χ1n) is 9.09. The molecule has 1 fully saturated rings. The third kappa shape index (κ3) is 3.42. The first kappa shape index (κ1) is 17.6. The van der Waals surface area contributed by atoms with Crippen molar-refractivity contribution in [2.75, 3.05) is 31.1 Å². The minimum atomic E-state index is -0.397. The lowest BCUT2D eigenvalue weighted by atomic mass is 10.1. The molecule has 3 aromatic rings. The number of nitrogens with one attached hydrogen (secondary N) is 1. The molecule has 1 aromatic carbocycles. The maximum absolute atomic E-state index is 14.0. The molecule has 140 valence electrons. The van der Waals surface area contributed by atoms with E-state index in [0.717, 1.165) is 48.9 Å². The summed E-state index contributed by atoms with van der Waals surface area (Å²) in [6.07, 6.45) is 1.61. The summed E-state index contributed by atoms with van der Waals surface area (Å²) in [7, 11) is 0. The summed E-state index contributed by atoms with van der Waals surface area (Å²) < 4.78 is 14.0. The highest BCUT2D eigenvalue weighted by Gasteiger charge is 2.20. The zero-order chi connectivity index (χ0) is 19.0.